The van der Waals surface area contributed by atoms with Gasteiger partial charge in [0.2, 0.25) is 5.91 Å². The minimum Gasteiger partial charge on any atom is -0.364 e. The Morgan fingerprint density at radius 1 is 1.19 bits per heavy atom. The highest BCUT2D eigenvalue weighted by Crippen LogP contribution is 2.23. The molecule has 1 aromatic heterocycles. The zero-order chi connectivity index (χ0) is 18.5. The van der Waals surface area contributed by atoms with E-state index in [0.29, 0.717) is 23.4 Å². The molecule has 0 radical (unpaired) electrons. The summed E-state index contributed by atoms with van der Waals surface area (Å²) in [5.74, 6) is -0.525. The van der Waals surface area contributed by atoms with Gasteiger partial charge in [-0.15, -0.1) is 0 Å². The lowest BCUT2D eigenvalue weighted by molar-refractivity contribution is -0.121. The van der Waals surface area contributed by atoms with Gasteiger partial charge in [0, 0.05) is 29.1 Å². The van der Waals surface area contributed by atoms with Crippen LogP contribution in [0.5, 0.6) is 0 Å². The van der Waals surface area contributed by atoms with Gasteiger partial charge in [0.05, 0.1) is 0 Å². The predicted molar refractivity (Wildman–Crippen MR) is 98.3 cm³/mol. The number of rotatable bonds is 6. The van der Waals surface area contributed by atoms with E-state index in [1.54, 1.807) is 12.3 Å². The molecule has 2 aromatic carbocycles. The molecule has 4 nitrogen and oxygen atoms in total. The van der Waals surface area contributed by atoms with Crippen LogP contribution < -0.4 is 5.32 Å². The number of halogens is 2. The second kappa shape index (κ2) is 8.15. The molecule has 0 aliphatic heterocycles. The number of hydrogen-bond acceptors (Lipinski definition) is 3. The second-order valence-corrected chi connectivity index (χ2v) is 6.47. The average molecular weight is 373 g/mol. The fraction of sp³-hybridized carbons (Fsp3) is 0.200. The Balaban J connectivity index is 1.57. The van der Waals surface area contributed by atoms with Crippen molar-refractivity contribution in [2.24, 2.45) is 0 Å². The van der Waals surface area contributed by atoms with Gasteiger partial charge in [0.1, 0.15) is 17.8 Å². The highest BCUT2D eigenvalue weighted by Gasteiger charge is 2.12. The molecule has 0 saturated carbocycles. The Morgan fingerprint density at radius 2 is 1.96 bits per heavy atom. The first-order valence-electron chi connectivity index (χ1n) is 8.24. The molecule has 0 atom stereocenters. The molecule has 1 N–H and O–H groups in total. The van der Waals surface area contributed by atoms with E-state index in [9.17, 15) is 9.18 Å². The normalized spacial score (nSPS) is 10.7. The Bertz CT molecular complexity index is 906. The summed E-state index contributed by atoms with van der Waals surface area (Å²) in [4.78, 5) is 12.1. The summed E-state index contributed by atoms with van der Waals surface area (Å²) in [5, 5.41) is 7.14. The van der Waals surface area contributed by atoms with Gasteiger partial charge in [0.25, 0.3) is 0 Å². The fourth-order valence-electron chi connectivity index (χ4n) is 2.58. The predicted octanol–water partition coefficient (Wildman–Crippen LogP) is 4.69. The minimum absolute atomic E-state index is 0.124. The molecule has 0 aliphatic rings. The number of amides is 1. The quantitative estimate of drug-likeness (QED) is 0.682. The third-order valence-electron chi connectivity index (χ3n) is 4.08. The minimum atomic E-state index is -0.402. The van der Waals surface area contributed by atoms with Crippen LogP contribution in [0.4, 0.5) is 4.39 Å². The van der Waals surface area contributed by atoms with Crippen molar-refractivity contribution in [1.82, 2.24) is 10.5 Å². The summed E-state index contributed by atoms with van der Waals surface area (Å²) in [5.41, 5.74) is 4.42. The van der Waals surface area contributed by atoms with Crippen LogP contribution in [-0.2, 0) is 17.8 Å². The molecule has 1 heterocycles. The maximum Gasteiger partial charge on any atom is 0.220 e. The molecular formula is C20H18ClFN2O2. The van der Waals surface area contributed by atoms with Gasteiger partial charge in [-0.05, 0) is 31.0 Å². The number of aromatic nitrogens is 1. The number of nitrogens with zero attached hydrogens (tertiary/aromatic N) is 1. The van der Waals surface area contributed by atoms with Crippen molar-refractivity contribution in [1.29, 1.82) is 0 Å². The van der Waals surface area contributed by atoms with Crippen molar-refractivity contribution >= 4 is 17.5 Å². The van der Waals surface area contributed by atoms with Crippen LogP contribution in [0.15, 0.2) is 53.3 Å². The number of aryl methyl sites for hydroxylation is 2. The first-order chi connectivity index (χ1) is 12.5. The largest absolute Gasteiger partial charge is 0.364 e. The summed E-state index contributed by atoms with van der Waals surface area (Å²) >= 11 is 5.96. The van der Waals surface area contributed by atoms with Crippen LogP contribution in [0, 0.1) is 12.7 Å². The van der Waals surface area contributed by atoms with Gasteiger partial charge >= 0.3 is 0 Å². The zero-order valence-corrected chi connectivity index (χ0v) is 15.0. The van der Waals surface area contributed by atoms with E-state index in [1.807, 2.05) is 31.2 Å². The van der Waals surface area contributed by atoms with Crippen LogP contribution in [-0.4, -0.2) is 11.1 Å². The smallest absolute Gasteiger partial charge is 0.220 e. The lowest BCUT2D eigenvalue weighted by Gasteiger charge is -2.07. The van der Waals surface area contributed by atoms with Gasteiger partial charge in [-0.3, -0.25) is 4.79 Å². The van der Waals surface area contributed by atoms with Crippen molar-refractivity contribution < 1.29 is 13.7 Å². The van der Waals surface area contributed by atoms with Crippen molar-refractivity contribution in [2.45, 2.75) is 26.3 Å². The van der Waals surface area contributed by atoms with E-state index in [0.717, 1.165) is 22.4 Å². The number of nitrogens with one attached hydrogen (secondary N) is 1. The second-order valence-electron chi connectivity index (χ2n) is 6.07. The van der Waals surface area contributed by atoms with Crippen LogP contribution >= 0.6 is 11.6 Å². The third kappa shape index (κ3) is 4.49. The molecule has 0 saturated heterocycles. The molecule has 3 aromatic rings. The lowest BCUT2D eigenvalue weighted by atomic mass is 10.0. The molecule has 6 heteroatoms. The monoisotopic (exact) mass is 372 g/mol. The third-order valence-corrected chi connectivity index (χ3v) is 4.43. The van der Waals surface area contributed by atoms with E-state index in [2.05, 4.69) is 10.5 Å². The number of benzene rings is 2. The number of carbonyl (C=O) groups excluding carboxylic acids is 1. The molecular weight excluding hydrogens is 355 g/mol. The van der Waals surface area contributed by atoms with Crippen molar-refractivity contribution in [3.05, 3.63) is 76.3 Å². The van der Waals surface area contributed by atoms with E-state index in [1.165, 1.54) is 12.1 Å². The Hall–Kier alpha value is -2.66. The van der Waals surface area contributed by atoms with E-state index < -0.39 is 5.82 Å². The number of carbonyl (C=O) groups is 1. The summed E-state index contributed by atoms with van der Waals surface area (Å²) in [7, 11) is 0. The molecule has 1 amide bonds. The Morgan fingerprint density at radius 3 is 2.69 bits per heavy atom. The summed E-state index contributed by atoms with van der Waals surface area (Å²) in [6.07, 6.45) is 2.37. The highest BCUT2D eigenvalue weighted by atomic mass is 35.5. The van der Waals surface area contributed by atoms with Crippen LogP contribution in [0.2, 0.25) is 5.02 Å². The number of hydrogen-bond donors (Lipinski definition) is 1. The summed E-state index contributed by atoms with van der Waals surface area (Å²) in [6, 6.07) is 12.1. The lowest BCUT2D eigenvalue weighted by Crippen LogP contribution is -2.23. The van der Waals surface area contributed by atoms with Gasteiger partial charge in [-0.25, -0.2) is 4.39 Å². The van der Waals surface area contributed by atoms with Crippen molar-refractivity contribution in [2.75, 3.05) is 0 Å². The van der Waals surface area contributed by atoms with E-state index in [4.69, 9.17) is 16.1 Å². The molecule has 0 fully saturated rings. The Kier molecular flexibility index (Phi) is 5.68. The molecule has 0 aliphatic carbocycles. The van der Waals surface area contributed by atoms with Crippen LogP contribution in [0.1, 0.15) is 23.1 Å². The van der Waals surface area contributed by atoms with E-state index in [-0.39, 0.29) is 12.5 Å². The maximum absolute atomic E-state index is 13.0. The van der Waals surface area contributed by atoms with Gasteiger partial charge < -0.3 is 9.84 Å². The Labute approximate surface area is 156 Å². The molecule has 0 spiro atoms. The molecule has 26 heavy (non-hydrogen) atoms. The first kappa shape index (κ1) is 18.1. The fourth-order valence-corrected chi connectivity index (χ4v) is 2.81. The van der Waals surface area contributed by atoms with Crippen LogP contribution in [0.3, 0.4) is 0 Å². The van der Waals surface area contributed by atoms with Gasteiger partial charge in [-0.1, -0.05) is 52.7 Å². The summed E-state index contributed by atoms with van der Waals surface area (Å²) in [6.45, 7) is 2.28. The summed E-state index contributed by atoms with van der Waals surface area (Å²) < 4.78 is 18.1. The highest BCUT2D eigenvalue weighted by molar-refractivity contribution is 6.31. The molecule has 0 unspecified atom stereocenters. The maximum atomic E-state index is 13.0. The first-order valence-corrected chi connectivity index (χ1v) is 8.61. The van der Waals surface area contributed by atoms with Gasteiger partial charge in [-0.2, -0.15) is 0 Å². The standard InChI is InChI=1S/C20H18ClFN2O2/c1-13-2-4-14(5-3-13)20-16(12-26-24-20)7-9-19(25)23-11-15-6-8-17(22)10-18(15)21/h2-6,8,10,12H,7,9,11H2,1H3,(H,23,25). The topological polar surface area (TPSA) is 55.1 Å². The molecule has 0 bridgehead atoms. The van der Waals surface area contributed by atoms with E-state index >= 15 is 0 Å². The SMILES string of the molecule is Cc1ccc(-c2nocc2CCC(=O)NCc2ccc(F)cc2Cl)cc1. The zero-order valence-electron chi connectivity index (χ0n) is 14.3. The molecule has 3 rings (SSSR count). The van der Waals surface area contributed by atoms with Crippen molar-refractivity contribution in [3.8, 4) is 11.3 Å². The van der Waals surface area contributed by atoms with Crippen molar-refractivity contribution in [3.63, 3.8) is 0 Å². The van der Waals surface area contributed by atoms with Gasteiger partial charge in [0.15, 0.2) is 0 Å². The molecule has 134 valence electrons. The average Bonchev–Trinajstić information content (AvgIpc) is 3.08. The van der Waals surface area contributed by atoms with Crippen LogP contribution in [0.25, 0.3) is 11.3 Å².